The molecule has 0 aliphatic heterocycles. The van der Waals surface area contributed by atoms with E-state index in [1.807, 2.05) is 6.92 Å². The van der Waals surface area contributed by atoms with Gasteiger partial charge in [0.25, 0.3) is 0 Å². The highest BCUT2D eigenvalue weighted by Crippen LogP contribution is 2.16. The molecule has 1 atom stereocenters. The van der Waals surface area contributed by atoms with Crippen LogP contribution in [0.15, 0.2) is 18.2 Å². The second kappa shape index (κ2) is 6.11. The normalized spacial score (nSPS) is 11.9. The summed E-state index contributed by atoms with van der Waals surface area (Å²) in [7, 11) is 0. The maximum absolute atomic E-state index is 13.4. The van der Waals surface area contributed by atoms with Gasteiger partial charge < -0.3 is 16.8 Å². The second-order valence-corrected chi connectivity index (χ2v) is 3.94. The first-order valence-corrected chi connectivity index (χ1v) is 5.61. The van der Waals surface area contributed by atoms with Gasteiger partial charge in [-0.3, -0.25) is 9.59 Å². The molecule has 0 aliphatic carbocycles. The lowest BCUT2D eigenvalue weighted by atomic mass is 10.1. The zero-order chi connectivity index (χ0) is 13.7. The fourth-order valence-corrected chi connectivity index (χ4v) is 1.44. The minimum atomic E-state index is -0.702. The molecule has 0 bridgehead atoms. The van der Waals surface area contributed by atoms with Crippen LogP contribution in [0.5, 0.6) is 0 Å². The number of benzene rings is 1. The van der Waals surface area contributed by atoms with Gasteiger partial charge in [0, 0.05) is 5.56 Å². The van der Waals surface area contributed by atoms with Gasteiger partial charge in [-0.15, -0.1) is 0 Å². The van der Waals surface area contributed by atoms with Gasteiger partial charge in [0.1, 0.15) is 5.82 Å². The number of hydrogen-bond donors (Lipinski definition) is 3. The third kappa shape index (κ3) is 3.53. The molecular weight excluding hydrogens is 237 g/mol. The monoisotopic (exact) mass is 253 g/mol. The molecule has 0 aliphatic rings. The fourth-order valence-electron chi connectivity index (χ4n) is 1.44. The van der Waals surface area contributed by atoms with Gasteiger partial charge in [0.15, 0.2) is 0 Å². The van der Waals surface area contributed by atoms with E-state index in [0.717, 1.165) is 12.5 Å². The molecule has 0 saturated heterocycles. The quantitative estimate of drug-likeness (QED) is 0.729. The highest BCUT2D eigenvalue weighted by atomic mass is 19.1. The van der Waals surface area contributed by atoms with Crippen LogP contribution in [0.2, 0.25) is 0 Å². The van der Waals surface area contributed by atoms with Crippen LogP contribution in [-0.4, -0.2) is 17.9 Å². The van der Waals surface area contributed by atoms with Crippen LogP contribution >= 0.6 is 0 Å². The number of rotatable bonds is 5. The molecule has 0 unspecified atom stereocenters. The second-order valence-electron chi connectivity index (χ2n) is 3.94. The molecule has 5 N–H and O–H groups in total. The molecule has 18 heavy (non-hydrogen) atoms. The molecule has 0 fully saturated rings. The van der Waals surface area contributed by atoms with E-state index in [0.29, 0.717) is 6.42 Å². The van der Waals surface area contributed by atoms with Gasteiger partial charge >= 0.3 is 0 Å². The molecule has 6 heteroatoms. The van der Waals surface area contributed by atoms with Crippen molar-refractivity contribution in [2.24, 2.45) is 11.5 Å². The molecular formula is C12H16FN3O2. The van der Waals surface area contributed by atoms with Gasteiger partial charge in [-0.1, -0.05) is 13.3 Å². The fraction of sp³-hybridized carbons (Fsp3) is 0.333. The van der Waals surface area contributed by atoms with Crippen molar-refractivity contribution in [3.63, 3.8) is 0 Å². The van der Waals surface area contributed by atoms with Gasteiger partial charge in [-0.2, -0.15) is 0 Å². The summed E-state index contributed by atoms with van der Waals surface area (Å²) in [5.41, 5.74) is 10.7. The zero-order valence-corrected chi connectivity index (χ0v) is 10.1. The molecule has 1 aromatic carbocycles. The number of amides is 2. The maximum atomic E-state index is 13.4. The van der Waals surface area contributed by atoms with Crippen molar-refractivity contribution in [3.8, 4) is 0 Å². The van der Waals surface area contributed by atoms with Crippen molar-refractivity contribution < 1.29 is 14.0 Å². The number of hydrogen-bond acceptors (Lipinski definition) is 3. The highest BCUT2D eigenvalue weighted by molar-refractivity contribution is 5.97. The standard InChI is InChI=1S/C12H16FN3O2/c1-2-3-9(14)12(18)16-10-6-7(11(15)17)4-5-8(10)13/h4-6,9H,2-3,14H2,1H3,(H2,15,17)(H,16,18)/t9-/m0/s1. The first-order valence-electron chi connectivity index (χ1n) is 5.61. The number of carbonyl (C=O) groups is 2. The molecule has 0 saturated carbocycles. The lowest BCUT2D eigenvalue weighted by Crippen LogP contribution is -2.35. The van der Waals surface area contributed by atoms with E-state index in [1.54, 1.807) is 0 Å². The van der Waals surface area contributed by atoms with Crippen molar-refractivity contribution in [1.82, 2.24) is 0 Å². The first kappa shape index (κ1) is 14.1. The summed E-state index contributed by atoms with van der Waals surface area (Å²) < 4.78 is 13.4. The summed E-state index contributed by atoms with van der Waals surface area (Å²) in [5.74, 6) is -1.82. The molecule has 0 spiro atoms. The van der Waals surface area contributed by atoms with Gasteiger partial charge in [-0.25, -0.2) is 4.39 Å². The summed E-state index contributed by atoms with van der Waals surface area (Å²) in [6.07, 6.45) is 1.25. The van der Waals surface area contributed by atoms with Gasteiger partial charge in [-0.05, 0) is 24.6 Å². The van der Waals surface area contributed by atoms with Crippen molar-refractivity contribution in [3.05, 3.63) is 29.6 Å². The number of nitrogens with two attached hydrogens (primary N) is 2. The number of carbonyl (C=O) groups excluding carboxylic acids is 2. The van der Waals surface area contributed by atoms with Gasteiger partial charge in [0.05, 0.1) is 11.7 Å². The van der Waals surface area contributed by atoms with Crippen molar-refractivity contribution in [2.75, 3.05) is 5.32 Å². The Bertz CT molecular complexity index is 463. The molecule has 0 aromatic heterocycles. The molecule has 5 nitrogen and oxygen atoms in total. The van der Waals surface area contributed by atoms with Crippen LogP contribution in [0.4, 0.5) is 10.1 Å². The number of primary amides is 1. The Labute approximate surface area is 104 Å². The first-order chi connectivity index (χ1) is 8.45. The minimum absolute atomic E-state index is 0.0946. The Hall–Kier alpha value is -1.95. The third-order valence-electron chi connectivity index (χ3n) is 2.45. The van der Waals surface area contributed by atoms with E-state index >= 15 is 0 Å². The van der Waals surface area contributed by atoms with Crippen molar-refractivity contribution in [2.45, 2.75) is 25.8 Å². The van der Waals surface area contributed by atoms with Crippen LogP contribution in [0.3, 0.4) is 0 Å². The predicted octanol–water partition coefficient (Wildman–Crippen LogP) is 0.990. The Morgan fingerprint density at radius 1 is 1.44 bits per heavy atom. The predicted molar refractivity (Wildman–Crippen MR) is 66.4 cm³/mol. The topological polar surface area (TPSA) is 98.2 Å². The van der Waals surface area contributed by atoms with Crippen molar-refractivity contribution >= 4 is 17.5 Å². The number of halogens is 1. The molecule has 1 rings (SSSR count). The zero-order valence-electron chi connectivity index (χ0n) is 10.1. The van der Waals surface area contributed by atoms with Crippen LogP contribution < -0.4 is 16.8 Å². The largest absolute Gasteiger partial charge is 0.366 e. The van der Waals surface area contributed by atoms with E-state index in [1.165, 1.54) is 12.1 Å². The van der Waals surface area contributed by atoms with E-state index in [2.05, 4.69) is 5.32 Å². The van der Waals surface area contributed by atoms with Crippen molar-refractivity contribution in [1.29, 1.82) is 0 Å². The Morgan fingerprint density at radius 3 is 2.67 bits per heavy atom. The average Bonchev–Trinajstić information content (AvgIpc) is 2.31. The van der Waals surface area contributed by atoms with Crippen LogP contribution in [0.25, 0.3) is 0 Å². The highest BCUT2D eigenvalue weighted by Gasteiger charge is 2.15. The Morgan fingerprint density at radius 2 is 2.11 bits per heavy atom. The van der Waals surface area contributed by atoms with Gasteiger partial charge in [0.2, 0.25) is 11.8 Å². The summed E-state index contributed by atoms with van der Waals surface area (Å²) in [6, 6.07) is 2.81. The number of nitrogens with one attached hydrogen (secondary N) is 1. The summed E-state index contributed by atoms with van der Waals surface area (Å²) in [4.78, 5) is 22.6. The Balaban J connectivity index is 2.86. The van der Waals surface area contributed by atoms with E-state index in [4.69, 9.17) is 11.5 Å². The number of anilines is 1. The average molecular weight is 253 g/mol. The Kier molecular flexibility index (Phi) is 4.79. The molecule has 0 heterocycles. The summed E-state index contributed by atoms with van der Waals surface area (Å²) in [6.45, 7) is 1.89. The SMILES string of the molecule is CCC[C@H](N)C(=O)Nc1cc(C(N)=O)ccc1F. The molecule has 1 aromatic rings. The lowest BCUT2D eigenvalue weighted by molar-refractivity contribution is -0.117. The molecule has 0 radical (unpaired) electrons. The van der Waals surface area contributed by atoms with E-state index < -0.39 is 23.7 Å². The summed E-state index contributed by atoms with van der Waals surface area (Å²) in [5, 5.41) is 2.34. The van der Waals surface area contributed by atoms with E-state index in [9.17, 15) is 14.0 Å². The third-order valence-corrected chi connectivity index (χ3v) is 2.45. The maximum Gasteiger partial charge on any atom is 0.248 e. The summed E-state index contributed by atoms with van der Waals surface area (Å²) >= 11 is 0. The van der Waals surface area contributed by atoms with Crippen LogP contribution in [-0.2, 0) is 4.79 Å². The smallest absolute Gasteiger partial charge is 0.248 e. The molecule has 98 valence electrons. The van der Waals surface area contributed by atoms with E-state index in [-0.39, 0.29) is 11.3 Å². The van der Waals surface area contributed by atoms with Crippen LogP contribution in [0.1, 0.15) is 30.1 Å². The van der Waals surface area contributed by atoms with Crippen LogP contribution in [0, 0.1) is 5.82 Å². The lowest BCUT2D eigenvalue weighted by Gasteiger charge is -2.12. The molecule has 2 amide bonds. The minimum Gasteiger partial charge on any atom is -0.366 e.